The van der Waals surface area contributed by atoms with Crippen LogP contribution >= 0.6 is 34.4 Å². The molecule has 0 aliphatic heterocycles. The molecule has 0 bridgehead atoms. The van der Waals surface area contributed by atoms with Gasteiger partial charge in [-0.25, -0.2) is 0 Å². The lowest BCUT2D eigenvalue weighted by atomic mass is 10.1. The van der Waals surface area contributed by atoms with Crippen LogP contribution in [0.3, 0.4) is 0 Å². The SMILES string of the molecule is CCc1cccc(CSC[C@H](NC)C(=O)I)c1. The van der Waals surface area contributed by atoms with Crippen LogP contribution in [0.25, 0.3) is 0 Å². The van der Waals surface area contributed by atoms with Crippen molar-refractivity contribution in [2.24, 2.45) is 0 Å². The molecule has 0 amide bonds. The maximum atomic E-state index is 11.2. The first-order valence-corrected chi connectivity index (χ1v) is 7.93. The monoisotopic (exact) mass is 363 g/mol. The highest BCUT2D eigenvalue weighted by atomic mass is 127. The Morgan fingerprint density at radius 2 is 2.18 bits per heavy atom. The highest BCUT2D eigenvalue weighted by Crippen LogP contribution is 2.16. The van der Waals surface area contributed by atoms with Gasteiger partial charge in [0.15, 0.2) is 0 Å². The second-order valence-electron chi connectivity index (χ2n) is 3.83. The molecule has 1 N–H and O–H groups in total. The molecule has 0 spiro atoms. The van der Waals surface area contributed by atoms with Crippen molar-refractivity contribution in [1.29, 1.82) is 0 Å². The molecule has 0 radical (unpaired) electrons. The summed E-state index contributed by atoms with van der Waals surface area (Å²) in [6.45, 7) is 2.16. The van der Waals surface area contributed by atoms with E-state index in [9.17, 15) is 4.79 Å². The summed E-state index contributed by atoms with van der Waals surface area (Å²) < 4.78 is 0.180. The second-order valence-corrected chi connectivity index (χ2v) is 5.93. The van der Waals surface area contributed by atoms with E-state index in [1.165, 1.54) is 11.1 Å². The molecule has 0 heterocycles. The molecule has 1 rings (SSSR count). The van der Waals surface area contributed by atoms with Crippen LogP contribution < -0.4 is 5.32 Å². The van der Waals surface area contributed by atoms with Crippen molar-refractivity contribution < 1.29 is 4.79 Å². The van der Waals surface area contributed by atoms with Crippen LogP contribution in [0.2, 0.25) is 0 Å². The first-order chi connectivity index (χ1) is 8.17. The first kappa shape index (κ1) is 15.0. The summed E-state index contributed by atoms with van der Waals surface area (Å²) in [6, 6.07) is 8.61. The quantitative estimate of drug-likeness (QED) is 0.597. The molecule has 0 saturated heterocycles. The molecule has 1 aromatic carbocycles. The molecule has 4 heteroatoms. The van der Waals surface area contributed by atoms with Crippen LogP contribution in [-0.4, -0.2) is 22.6 Å². The Morgan fingerprint density at radius 1 is 1.47 bits per heavy atom. The van der Waals surface area contributed by atoms with Crippen molar-refractivity contribution >= 4 is 38.1 Å². The maximum Gasteiger partial charge on any atom is 0.209 e. The summed E-state index contributed by atoms with van der Waals surface area (Å²) in [6.07, 6.45) is 1.07. The lowest BCUT2D eigenvalue weighted by molar-refractivity contribution is -0.110. The third-order valence-corrected chi connectivity index (χ3v) is 4.43. The van der Waals surface area contributed by atoms with Gasteiger partial charge in [-0.1, -0.05) is 31.2 Å². The Balaban J connectivity index is 2.42. The lowest BCUT2D eigenvalue weighted by Gasteiger charge is -2.11. The average molecular weight is 363 g/mol. The molecule has 1 atom stereocenters. The number of hydrogen-bond donors (Lipinski definition) is 1. The minimum absolute atomic E-state index is 0.0324. The van der Waals surface area contributed by atoms with Gasteiger partial charge >= 0.3 is 0 Å². The first-order valence-electron chi connectivity index (χ1n) is 5.69. The fourth-order valence-electron chi connectivity index (χ4n) is 1.50. The molecule has 0 aliphatic rings. The van der Waals surface area contributed by atoms with Gasteiger partial charge in [0, 0.05) is 34.1 Å². The van der Waals surface area contributed by atoms with E-state index in [0.29, 0.717) is 0 Å². The van der Waals surface area contributed by atoms with Crippen LogP contribution in [0.1, 0.15) is 18.1 Å². The molecule has 0 fully saturated rings. The number of likely N-dealkylation sites (N-methyl/N-ethyl adjacent to an activating group) is 1. The summed E-state index contributed by atoms with van der Waals surface area (Å²) in [4.78, 5) is 11.2. The van der Waals surface area contributed by atoms with Gasteiger partial charge in [-0.2, -0.15) is 11.8 Å². The van der Waals surface area contributed by atoms with E-state index in [1.807, 2.05) is 29.6 Å². The number of nitrogens with one attached hydrogen (secondary N) is 1. The summed E-state index contributed by atoms with van der Waals surface area (Å²) >= 11 is 3.65. The van der Waals surface area contributed by atoms with Crippen LogP contribution in [0.4, 0.5) is 0 Å². The zero-order chi connectivity index (χ0) is 12.7. The summed E-state index contributed by atoms with van der Waals surface area (Å²) in [5, 5.41) is 3.03. The van der Waals surface area contributed by atoms with Gasteiger partial charge < -0.3 is 5.32 Å². The smallest absolute Gasteiger partial charge is 0.209 e. The molecular formula is C13H18INOS. The van der Waals surface area contributed by atoms with Gasteiger partial charge in [-0.15, -0.1) is 0 Å². The van der Waals surface area contributed by atoms with Gasteiger partial charge in [0.25, 0.3) is 0 Å². The normalized spacial score (nSPS) is 12.4. The molecule has 94 valence electrons. The van der Waals surface area contributed by atoms with Crippen molar-refractivity contribution in [2.45, 2.75) is 25.1 Å². The fourth-order valence-corrected chi connectivity index (χ4v) is 3.41. The van der Waals surface area contributed by atoms with E-state index < -0.39 is 0 Å². The summed E-state index contributed by atoms with van der Waals surface area (Å²) in [7, 11) is 1.83. The predicted molar refractivity (Wildman–Crippen MR) is 83.9 cm³/mol. The minimum atomic E-state index is -0.0324. The van der Waals surface area contributed by atoms with Crippen molar-refractivity contribution in [3.8, 4) is 0 Å². The predicted octanol–water partition coefficient (Wildman–Crippen LogP) is 3.03. The number of benzene rings is 1. The Morgan fingerprint density at radius 3 is 2.76 bits per heavy atom. The topological polar surface area (TPSA) is 29.1 Å². The van der Waals surface area contributed by atoms with Gasteiger partial charge in [-0.3, -0.25) is 4.79 Å². The largest absolute Gasteiger partial charge is 0.309 e. The molecule has 2 nitrogen and oxygen atoms in total. The summed E-state index contributed by atoms with van der Waals surface area (Å²) in [5.41, 5.74) is 2.71. The summed E-state index contributed by atoms with van der Waals surface area (Å²) in [5.74, 6) is 1.80. The number of rotatable bonds is 7. The number of carbonyl (C=O) groups is 1. The molecular weight excluding hydrogens is 345 g/mol. The number of aryl methyl sites for hydroxylation is 1. The van der Waals surface area contributed by atoms with Crippen LogP contribution in [0.15, 0.2) is 24.3 Å². The van der Waals surface area contributed by atoms with Gasteiger partial charge in [0.2, 0.25) is 3.79 Å². The van der Waals surface area contributed by atoms with E-state index in [-0.39, 0.29) is 9.83 Å². The highest BCUT2D eigenvalue weighted by Gasteiger charge is 2.12. The number of carbonyl (C=O) groups excluding carboxylic acids is 1. The van der Waals surface area contributed by atoms with Gasteiger partial charge in [0.05, 0.1) is 6.04 Å². The second kappa shape index (κ2) is 8.11. The molecule has 17 heavy (non-hydrogen) atoms. The zero-order valence-electron chi connectivity index (χ0n) is 10.2. The van der Waals surface area contributed by atoms with E-state index in [4.69, 9.17) is 0 Å². The van der Waals surface area contributed by atoms with Crippen LogP contribution in [-0.2, 0) is 17.0 Å². The van der Waals surface area contributed by atoms with E-state index >= 15 is 0 Å². The lowest BCUT2D eigenvalue weighted by Crippen LogP contribution is -2.33. The molecule has 0 unspecified atom stereocenters. The number of thioether (sulfide) groups is 1. The Hall–Kier alpha value is -0.0700. The zero-order valence-corrected chi connectivity index (χ0v) is 13.2. The number of halogens is 1. The molecule has 0 aliphatic carbocycles. The standard InChI is InChI=1S/C13H18INOS/c1-3-10-5-4-6-11(7-10)8-17-9-12(15-2)13(14)16/h4-7,12,15H,3,8-9H2,1-2H3/t12-/m0/s1. The molecule has 1 aromatic rings. The molecule has 0 aromatic heterocycles. The van der Waals surface area contributed by atoms with Gasteiger partial charge in [-0.05, 0) is 24.6 Å². The third-order valence-electron chi connectivity index (χ3n) is 2.58. The van der Waals surface area contributed by atoms with Crippen molar-refractivity contribution in [1.82, 2.24) is 5.32 Å². The Bertz CT molecular complexity index is 370. The van der Waals surface area contributed by atoms with E-state index in [1.54, 1.807) is 11.8 Å². The highest BCUT2D eigenvalue weighted by molar-refractivity contribution is 14.1. The van der Waals surface area contributed by atoms with Crippen molar-refractivity contribution in [2.75, 3.05) is 12.8 Å². The van der Waals surface area contributed by atoms with E-state index in [0.717, 1.165) is 17.9 Å². The Kier molecular flexibility index (Phi) is 7.15. The van der Waals surface area contributed by atoms with Crippen LogP contribution in [0.5, 0.6) is 0 Å². The van der Waals surface area contributed by atoms with Crippen LogP contribution in [0, 0.1) is 0 Å². The third kappa shape index (κ3) is 5.40. The Labute approximate surface area is 121 Å². The van der Waals surface area contributed by atoms with Crippen molar-refractivity contribution in [3.63, 3.8) is 0 Å². The average Bonchev–Trinajstić information content (AvgIpc) is 2.34. The van der Waals surface area contributed by atoms with Gasteiger partial charge in [0.1, 0.15) is 0 Å². The minimum Gasteiger partial charge on any atom is -0.309 e. The maximum absolute atomic E-state index is 11.2. The van der Waals surface area contributed by atoms with E-state index in [2.05, 4.69) is 36.5 Å². The fraction of sp³-hybridized carbons (Fsp3) is 0.462. The number of hydrogen-bond acceptors (Lipinski definition) is 3. The van der Waals surface area contributed by atoms with Crippen molar-refractivity contribution in [3.05, 3.63) is 35.4 Å². The molecule has 0 saturated carbocycles.